The van der Waals surface area contributed by atoms with E-state index in [4.69, 9.17) is 9.31 Å². The van der Waals surface area contributed by atoms with Gasteiger partial charge in [-0.05, 0) is 80.3 Å². The van der Waals surface area contributed by atoms with Crippen LogP contribution in [0, 0.1) is 0 Å². The molecule has 0 atom stereocenters. The molecule has 0 radical (unpaired) electrons. The van der Waals surface area contributed by atoms with Gasteiger partial charge in [0.25, 0.3) is 0 Å². The van der Waals surface area contributed by atoms with Crippen LogP contribution in [0.15, 0.2) is 113 Å². The lowest BCUT2D eigenvalue weighted by molar-refractivity contribution is 0.00578. The van der Waals surface area contributed by atoms with Crippen molar-refractivity contribution in [3.05, 3.63) is 103 Å². The average molecular weight is 565 g/mol. The third-order valence-corrected chi connectivity index (χ3v) is 10.6. The lowest BCUT2D eigenvalue weighted by Gasteiger charge is -2.32. The highest BCUT2D eigenvalue weighted by Gasteiger charge is 2.51. The van der Waals surface area contributed by atoms with Gasteiger partial charge in [-0.15, -0.1) is 0 Å². The van der Waals surface area contributed by atoms with Crippen LogP contribution in [-0.2, 0) is 9.31 Å². The van der Waals surface area contributed by atoms with Gasteiger partial charge in [-0.3, -0.25) is 9.13 Å². The van der Waals surface area contributed by atoms with E-state index in [0.29, 0.717) is 0 Å². The number of aromatic nitrogens is 2. The average Bonchev–Trinajstić information content (AvgIpc) is 3.58. The van der Waals surface area contributed by atoms with Crippen molar-refractivity contribution in [2.24, 2.45) is 0 Å². The fourth-order valence-corrected chi connectivity index (χ4v) is 7.80. The molecule has 0 spiro atoms. The van der Waals surface area contributed by atoms with Crippen LogP contribution in [0.1, 0.15) is 27.7 Å². The van der Waals surface area contributed by atoms with E-state index in [1.54, 1.807) is 0 Å². The Hall–Kier alpha value is -3.97. The van der Waals surface area contributed by atoms with Crippen LogP contribution in [0.3, 0.4) is 0 Å². The normalized spacial score (nSPS) is 17.1. The van der Waals surface area contributed by atoms with Gasteiger partial charge in [-0.2, -0.15) is 0 Å². The lowest BCUT2D eigenvalue weighted by Crippen LogP contribution is -2.41. The molecule has 0 amide bonds. The second kappa shape index (κ2) is 8.32. The first-order valence-electron chi connectivity index (χ1n) is 14.5. The summed E-state index contributed by atoms with van der Waals surface area (Å²) in [4.78, 5) is 2.58. The van der Waals surface area contributed by atoms with E-state index in [0.717, 1.165) is 11.2 Å². The van der Waals surface area contributed by atoms with Crippen LogP contribution < -0.4 is 5.46 Å². The zero-order valence-electron chi connectivity index (χ0n) is 24.0. The van der Waals surface area contributed by atoms with Crippen molar-refractivity contribution >= 4 is 68.0 Å². The maximum Gasteiger partial charge on any atom is 0.494 e. The molecule has 0 N–H and O–H groups in total. The van der Waals surface area contributed by atoms with Crippen LogP contribution >= 0.6 is 11.8 Å². The van der Waals surface area contributed by atoms with Gasteiger partial charge in [0.1, 0.15) is 5.65 Å². The predicted octanol–water partition coefficient (Wildman–Crippen LogP) is 8.64. The highest BCUT2D eigenvalue weighted by molar-refractivity contribution is 7.99. The van der Waals surface area contributed by atoms with E-state index in [9.17, 15) is 0 Å². The van der Waals surface area contributed by atoms with E-state index in [-0.39, 0.29) is 18.3 Å². The summed E-state index contributed by atoms with van der Waals surface area (Å²) in [5, 5.41) is 6.23. The van der Waals surface area contributed by atoms with E-state index < -0.39 is 0 Å². The number of nitrogens with zero attached hydrogens (tertiary/aromatic N) is 2. The molecule has 204 valence electrons. The Kier molecular flexibility index (Phi) is 4.88. The fraction of sp³-hybridized carbons (Fsp3) is 0.167. The predicted molar refractivity (Wildman–Crippen MR) is 175 cm³/mol. The van der Waals surface area contributed by atoms with Gasteiger partial charge in [0.05, 0.1) is 27.9 Å². The summed E-state index contributed by atoms with van der Waals surface area (Å²) in [7, 11) is -0.375. The minimum Gasteiger partial charge on any atom is -0.399 e. The van der Waals surface area contributed by atoms with Crippen LogP contribution in [0.5, 0.6) is 0 Å². The molecule has 5 aromatic carbocycles. The molecule has 9 rings (SSSR count). The topological polar surface area (TPSA) is 28.3 Å². The van der Waals surface area contributed by atoms with Gasteiger partial charge in [0.2, 0.25) is 0 Å². The Morgan fingerprint density at radius 3 is 2.19 bits per heavy atom. The molecule has 4 nitrogen and oxygen atoms in total. The number of para-hydroxylation sites is 3. The van der Waals surface area contributed by atoms with Crippen molar-refractivity contribution in [1.82, 2.24) is 9.13 Å². The summed E-state index contributed by atoms with van der Waals surface area (Å²) >= 11 is 1.86. The van der Waals surface area contributed by atoms with E-state index in [2.05, 4.69) is 140 Å². The largest absolute Gasteiger partial charge is 0.494 e. The Bertz CT molecular complexity index is 2240. The molecule has 0 aliphatic carbocycles. The molecular formula is C36H29BN2O2S. The Labute approximate surface area is 249 Å². The summed E-state index contributed by atoms with van der Waals surface area (Å²) in [6.07, 6.45) is 0. The maximum absolute atomic E-state index is 6.35. The molecule has 1 saturated heterocycles. The molecule has 0 bridgehead atoms. The molecule has 4 heterocycles. The number of rotatable bonds is 2. The van der Waals surface area contributed by atoms with Crippen molar-refractivity contribution in [1.29, 1.82) is 0 Å². The fourth-order valence-electron chi connectivity index (χ4n) is 6.71. The minimum atomic E-state index is -0.375. The molecule has 1 fully saturated rings. The SMILES string of the molecule is CC1(C)OB(c2ccc3cc(-n4c5ccccc5c5c6cccc7c6n(c54)-c4ccccc4S7)ccc3c2)OC1(C)C. The third-order valence-electron chi connectivity index (χ3n) is 9.51. The van der Waals surface area contributed by atoms with Crippen LogP contribution in [-0.4, -0.2) is 27.5 Å². The Morgan fingerprint density at radius 2 is 1.33 bits per heavy atom. The molecule has 0 saturated carbocycles. The monoisotopic (exact) mass is 564 g/mol. The quantitative estimate of drug-likeness (QED) is 0.197. The molecule has 7 aromatic rings. The molecule has 0 unspecified atom stereocenters. The molecule has 2 aromatic heterocycles. The van der Waals surface area contributed by atoms with Crippen molar-refractivity contribution < 1.29 is 9.31 Å². The van der Waals surface area contributed by atoms with E-state index in [1.165, 1.54) is 59.1 Å². The number of hydrogen-bond donors (Lipinski definition) is 0. The van der Waals surface area contributed by atoms with Crippen molar-refractivity contribution in [3.63, 3.8) is 0 Å². The zero-order chi connectivity index (χ0) is 28.4. The smallest absolute Gasteiger partial charge is 0.399 e. The molecule has 6 heteroatoms. The molecule has 2 aliphatic heterocycles. The lowest BCUT2D eigenvalue weighted by atomic mass is 9.78. The van der Waals surface area contributed by atoms with Crippen LogP contribution in [0.4, 0.5) is 0 Å². The maximum atomic E-state index is 6.35. The van der Waals surface area contributed by atoms with E-state index in [1.807, 2.05) is 11.8 Å². The van der Waals surface area contributed by atoms with Gasteiger partial charge in [0.15, 0.2) is 0 Å². The first-order valence-corrected chi connectivity index (χ1v) is 15.4. The molecular weight excluding hydrogens is 535 g/mol. The van der Waals surface area contributed by atoms with Gasteiger partial charge in [0, 0.05) is 31.6 Å². The highest BCUT2D eigenvalue weighted by atomic mass is 32.2. The van der Waals surface area contributed by atoms with Crippen molar-refractivity contribution in [2.45, 2.75) is 48.7 Å². The summed E-state index contributed by atoms with van der Waals surface area (Å²) < 4.78 is 17.6. The van der Waals surface area contributed by atoms with Crippen LogP contribution in [0.25, 0.3) is 55.0 Å². The van der Waals surface area contributed by atoms with Crippen LogP contribution in [0.2, 0.25) is 0 Å². The van der Waals surface area contributed by atoms with Crippen molar-refractivity contribution in [3.8, 4) is 11.4 Å². The van der Waals surface area contributed by atoms with Gasteiger partial charge >= 0.3 is 7.12 Å². The first kappa shape index (κ1) is 24.6. The van der Waals surface area contributed by atoms with Gasteiger partial charge < -0.3 is 9.31 Å². The van der Waals surface area contributed by atoms with Crippen molar-refractivity contribution in [2.75, 3.05) is 0 Å². The third kappa shape index (κ3) is 3.23. The minimum absolute atomic E-state index is 0.366. The Balaban J connectivity index is 1.29. The molecule has 42 heavy (non-hydrogen) atoms. The first-order chi connectivity index (χ1) is 20.3. The standard InChI is InChI=1S/C36H29BN2O2S/c1-35(2)36(3,4)41-37(40-35)24-18-16-23-21-25(19-17-22(23)20-24)38-28-12-6-5-10-26(28)32-27-11-9-15-31-33(27)39(34(32)38)29-13-7-8-14-30(29)42-31/h5-21H,1-4H3. The molecule has 2 aliphatic rings. The second-order valence-electron chi connectivity index (χ2n) is 12.5. The van der Waals surface area contributed by atoms with Gasteiger partial charge in [-0.1, -0.05) is 78.5 Å². The van der Waals surface area contributed by atoms with E-state index >= 15 is 0 Å². The summed E-state index contributed by atoms with van der Waals surface area (Å²) in [5.41, 5.74) is 6.41. The van der Waals surface area contributed by atoms with Gasteiger partial charge in [-0.25, -0.2) is 0 Å². The Morgan fingerprint density at radius 1 is 0.643 bits per heavy atom. The highest BCUT2D eigenvalue weighted by Crippen LogP contribution is 2.49. The summed E-state index contributed by atoms with van der Waals surface area (Å²) in [6.45, 7) is 8.39. The zero-order valence-corrected chi connectivity index (χ0v) is 24.8. The number of hydrogen-bond acceptors (Lipinski definition) is 3. The second-order valence-corrected chi connectivity index (χ2v) is 13.6. The number of fused-ring (bicyclic) bond motifs is 8. The number of benzene rings is 5. The summed E-state index contributed by atoms with van der Waals surface area (Å²) in [5.74, 6) is 0. The summed E-state index contributed by atoms with van der Waals surface area (Å²) in [6, 6.07) is 37.6.